The van der Waals surface area contributed by atoms with Gasteiger partial charge in [-0.1, -0.05) is 54.1 Å². The van der Waals surface area contributed by atoms with Crippen molar-refractivity contribution in [2.45, 2.75) is 6.61 Å². The Hall–Kier alpha value is -3.90. The minimum atomic E-state index is -0.304. The van der Waals surface area contributed by atoms with Crippen molar-refractivity contribution >= 4 is 23.2 Å². The number of nitrogens with zero attached hydrogens (tertiary/aromatic N) is 1. The van der Waals surface area contributed by atoms with E-state index in [0.29, 0.717) is 27.7 Å². The van der Waals surface area contributed by atoms with E-state index in [1.807, 2.05) is 24.3 Å². The van der Waals surface area contributed by atoms with Crippen LogP contribution in [0, 0.1) is 0 Å². The van der Waals surface area contributed by atoms with Gasteiger partial charge >= 0.3 is 0 Å². The van der Waals surface area contributed by atoms with E-state index in [-0.39, 0.29) is 18.1 Å². The quantitative estimate of drug-likeness (QED) is 0.453. The number of nitrogens with one attached hydrogen (secondary N) is 2. The predicted molar refractivity (Wildman–Crippen MR) is 120 cm³/mol. The van der Waals surface area contributed by atoms with Gasteiger partial charge in [0.25, 0.3) is 11.5 Å². The number of aromatic nitrogens is 2. The minimum Gasteiger partial charge on any atom is -0.488 e. The van der Waals surface area contributed by atoms with Gasteiger partial charge in [0, 0.05) is 27.9 Å². The maximum atomic E-state index is 12.9. The lowest BCUT2D eigenvalue weighted by molar-refractivity contribution is 0.102. The summed E-state index contributed by atoms with van der Waals surface area (Å²) in [6.45, 7) is 0.247. The normalized spacial score (nSPS) is 10.5. The molecule has 0 fully saturated rings. The van der Waals surface area contributed by atoms with Crippen LogP contribution in [0.5, 0.6) is 5.75 Å². The molecule has 0 saturated heterocycles. The standard InChI is InChI=1S/C24H18ClN3O3/c25-20-10-3-1-6-17(20)15-31-22-11-4-2-9-19(22)24(30)26-18-8-5-7-16(14-18)21-12-13-23(29)28-27-21/h1-14H,15H2,(H,26,30)(H,28,29). The second-order valence-corrected chi connectivity index (χ2v) is 7.12. The van der Waals surface area contributed by atoms with Crippen molar-refractivity contribution in [3.63, 3.8) is 0 Å². The maximum absolute atomic E-state index is 12.9. The molecule has 7 heteroatoms. The summed E-state index contributed by atoms with van der Waals surface area (Å²) in [5.74, 6) is 0.153. The summed E-state index contributed by atoms with van der Waals surface area (Å²) in [6.07, 6.45) is 0. The third-order valence-electron chi connectivity index (χ3n) is 4.57. The molecule has 4 aromatic rings. The molecular formula is C24H18ClN3O3. The van der Waals surface area contributed by atoms with Crippen molar-refractivity contribution in [3.05, 3.63) is 111 Å². The molecule has 0 aliphatic carbocycles. The Kier molecular flexibility index (Phi) is 6.10. The van der Waals surface area contributed by atoms with E-state index >= 15 is 0 Å². The highest BCUT2D eigenvalue weighted by molar-refractivity contribution is 6.31. The van der Waals surface area contributed by atoms with Crippen LogP contribution in [-0.4, -0.2) is 16.1 Å². The number of halogens is 1. The Morgan fingerprint density at radius 2 is 1.77 bits per heavy atom. The van der Waals surface area contributed by atoms with Crippen molar-refractivity contribution in [2.24, 2.45) is 0 Å². The second-order valence-electron chi connectivity index (χ2n) is 6.72. The molecule has 31 heavy (non-hydrogen) atoms. The van der Waals surface area contributed by atoms with Gasteiger partial charge in [0.15, 0.2) is 0 Å². The topological polar surface area (TPSA) is 84.1 Å². The Morgan fingerprint density at radius 3 is 2.58 bits per heavy atom. The largest absolute Gasteiger partial charge is 0.488 e. The summed E-state index contributed by atoms with van der Waals surface area (Å²) in [5, 5.41) is 9.92. The van der Waals surface area contributed by atoms with Crippen molar-refractivity contribution in [1.29, 1.82) is 0 Å². The smallest absolute Gasteiger partial charge is 0.264 e. The van der Waals surface area contributed by atoms with Crippen LogP contribution in [0.25, 0.3) is 11.3 Å². The zero-order valence-corrected chi connectivity index (χ0v) is 17.1. The predicted octanol–water partition coefficient (Wildman–Crippen LogP) is 4.92. The van der Waals surface area contributed by atoms with E-state index in [1.54, 1.807) is 54.6 Å². The van der Waals surface area contributed by atoms with Crippen LogP contribution in [0.2, 0.25) is 5.02 Å². The zero-order valence-electron chi connectivity index (χ0n) is 16.3. The van der Waals surface area contributed by atoms with Crippen LogP contribution in [0.4, 0.5) is 5.69 Å². The van der Waals surface area contributed by atoms with Gasteiger partial charge in [-0.25, -0.2) is 5.10 Å². The number of ether oxygens (including phenoxy) is 1. The molecule has 4 rings (SSSR count). The fourth-order valence-corrected chi connectivity index (χ4v) is 3.20. The first-order valence-electron chi connectivity index (χ1n) is 9.53. The summed E-state index contributed by atoms with van der Waals surface area (Å²) in [5.41, 5.74) is 2.91. The molecule has 0 aliphatic heterocycles. The van der Waals surface area contributed by atoms with Gasteiger partial charge in [0.05, 0.1) is 11.3 Å². The van der Waals surface area contributed by atoms with Crippen LogP contribution in [-0.2, 0) is 6.61 Å². The number of hydrogen-bond donors (Lipinski definition) is 2. The van der Waals surface area contributed by atoms with Crippen LogP contribution in [0.3, 0.4) is 0 Å². The van der Waals surface area contributed by atoms with Crippen molar-refractivity contribution < 1.29 is 9.53 Å². The number of carbonyl (C=O) groups is 1. The number of amides is 1. The molecule has 1 heterocycles. The first-order valence-corrected chi connectivity index (χ1v) is 9.91. The van der Waals surface area contributed by atoms with E-state index < -0.39 is 0 Å². The third kappa shape index (κ3) is 4.99. The number of anilines is 1. The Labute approximate surface area is 183 Å². The van der Waals surface area contributed by atoms with E-state index in [4.69, 9.17) is 16.3 Å². The fraction of sp³-hybridized carbons (Fsp3) is 0.0417. The average molecular weight is 432 g/mol. The molecule has 0 spiro atoms. The molecule has 1 amide bonds. The third-order valence-corrected chi connectivity index (χ3v) is 4.94. The number of carbonyl (C=O) groups excluding carboxylic acids is 1. The van der Waals surface area contributed by atoms with E-state index in [1.165, 1.54) is 6.07 Å². The van der Waals surface area contributed by atoms with Crippen molar-refractivity contribution in [3.8, 4) is 17.0 Å². The molecule has 0 bridgehead atoms. The van der Waals surface area contributed by atoms with Gasteiger partial charge in [-0.05, 0) is 36.4 Å². The molecule has 0 aliphatic rings. The minimum absolute atomic E-state index is 0.247. The number of aromatic amines is 1. The number of hydrogen-bond acceptors (Lipinski definition) is 4. The molecule has 0 atom stereocenters. The molecule has 6 nitrogen and oxygen atoms in total. The molecule has 2 N–H and O–H groups in total. The summed E-state index contributed by atoms with van der Waals surface area (Å²) < 4.78 is 5.88. The SMILES string of the molecule is O=C(Nc1cccc(-c2ccc(=O)[nH]n2)c1)c1ccccc1OCc1ccccc1Cl. The highest BCUT2D eigenvalue weighted by Crippen LogP contribution is 2.24. The van der Waals surface area contributed by atoms with Crippen LogP contribution in [0.15, 0.2) is 89.7 Å². The maximum Gasteiger partial charge on any atom is 0.264 e. The number of rotatable bonds is 6. The van der Waals surface area contributed by atoms with Crippen LogP contribution < -0.4 is 15.6 Å². The number of para-hydroxylation sites is 1. The first kappa shape index (κ1) is 20.4. The number of benzene rings is 3. The van der Waals surface area contributed by atoms with Gasteiger partial charge in [-0.15, -0.1) is 0 Å². The summed E-state index contributed by atoms with van der Waals surface area (Å²) in [7, 11) is 0. The molecule has 0 unspecified atom stereocenters. The van der Waals surface area contributed by atoms with Crippen molar-refractivity contribution in [1.82, 2.24) is 10.2 Å². The average Bonchev–Trinajstić information content (AvgIpc) is 2.79. The van der Waals surface area contributed by atoms with Gasteiger partial charge in [-0.3, -0.25) is 9.59 Å². The summed E-state index contributed by atoms with van der Waals surface area (Å²) in [6, 6.07) is 24.7. The van der Waals surface area contributed by atoms with Gasteiger partial charge in [-0.2, -0.15) is 5.10 Å². The first-order chi connectivity index (χ1) is 15.1. The molecule has 3 aromatic carbocycles. The lowest BCUT2D eigenvalue weighted by Crippen LogP contribution is -2.14. The highest BCUT2D eigenvalue weighted by Gasteiger charge is 2.13. The van der Waals surface area contributed by atoms with Crippen LogP contribution in [0.1, 0.15) is 15.9 Å². The Bertz CT molecular complexity index is 1270. The number of H-pyrrole nitrogens is 1. The lowest BCUT2D eigenvalue weighted by Gasteiger charge is -2.13. The fourth-order valence-electron chi connectivity index (χ4n) is 3.01. The Balaban J connectivity index is 1.52. The van der Waals surface area contributed by atoms with E-state index in [0.717, 1.165) is 11.1 Å². The second kappa shape index (κ2) is 9.28. The van der Waals surface area contributed by atoms with E-state index in [9.17, 15) is 9.59 Å². The summed E-state index contributed by atoms with van der Waals surface area (Å²) in [4.78, 5) is 24.1. The van der Waals surface area contributed by atoms with E-state index in [2.05, 4.69) is 15.5 Å². The van der Waals surface area contributed by atoms with Gasteiger partial charge < -0.3 is 10.1 Å². The summed E-state index contributed by atoms with van der Waals surface area (Å²) >= 11 is 6.19. The molecule has 0 saturated carbocycles. The highest BCUT2D eigenvalue weighted by atomic mass is 35.5. The molecule has 1 aromatic heterocycles. The van der Waals surface area contributed by atoms with Crippen molar-refractivity contribution in [2.75, 3.05) is 5.32 Å². The lowest BCUT2D eigenvalue weighted by atomic mass is 10.1. The van der Waals surface area contributed by atoms with Gasteiger partial charge in [0.2, 0.25) is 0 Å². The van der Waals surface area contributed by atoms with Crippen LogP contribution >= 0.6 is 11.6 Å². The monoisotopic (exact) mass is 431 g/mol. The Morgan fingerprint density at radius 1 is 0.968 bits per heavy atom. The van der Waals surface area contributed by atoms with Gasteiger partial charge in [0.1, 0.15) is 12.4 Å². The zero-order chi connectivity index (χ0) is 21.6. The molecular weight excluding hydrogens is 414 g/mol. The molecule has 0 radical (unpaired) electrons. The molecule has 154 valence electrons.